The lowest BCUT2D eigenvalue weighted by Gasteiger charge is -2.38. The third kappa shape index (κ3) is 10.5. The Balaban J connectivity index is 0.000000181. The number of carbonyl (C=O) groups excluding carboxylic acids is 2. The Kier molecular flexibility index (Phi) is 13.7. The smallest absolute Gasteiger partial charge is 0.264 e. The molecule has 2 amide bonds. The second kappa shape index (κ2) is 20.1. The van der Waals surface area contributed by atoms with Crippen molar-refractivity contribution in [3.8, 4) is 22.3 Å². The van der Waals surface area contributed by atoms with Gasteiger partial charge in [-0.05, 0) is 73.2 Å². The maximum Gasteiger partial charge on any atom is 0.264 e. The minimum absolute atomic E-state index is 0.0785. The standard InChI is InChI=1S/C27H28N6O5S.C25H26N6O3/c1-3-39(37,38)30-23-7-5-4-6-21(23)19-8-10-20(11-9-19)25(34)32-14-12-27(36,13-15-32)17-33-18-28-24-22(26(33)35)16-29-31(24)2;1-29-22-20(14-28-29)24(33)31(16-27-22)15-25(34)10-12-30(13-11-25)23(32)18-8-6-17(7-9-18)19-4-2-3-5-21(19)26/h3-11,16,18,30,36H,1,12-15,17H2,2H3;2-9,14,16,34H,10-13,15,26H2,1H3. The van der Waals surface area contributed by atoms with E-state index in [4.69, 9.17) is 5.73 Å². The molecule has 0 spiro atoms. The molecule has 21 heteroatoms. The molecule has 0 radical (unpaired) electrons. The summed E-state index contributed by atoms with van der Waals surface area (Å²) in [4.78, 5) is 63.8. The predicted octanol–water partition coefficient (Wildman–Crippen LogP) is 4.40. The maximum atomic E-state index is 13.2. The Labute approximate surface area is 419 Å². The monoisotopic (exact) mass is 1010 g/mol. The number of nitrogens with zero attached hydrogens (tertiary/aromatic N) is 10. The molecule has 0 saturated carbocycles. The second-order valence-electron chi connectivity index (χ2n) is 18.5. The van der Waals surface area contributed by atoms with Crippen molar-refractivity contribution in [3.05, 3.63) is 166 Å². The zero-order valence-electron chi connectivity index (χ0n) is 40.2. The van der Waals surface area contributed by atoms with Crippen LogP contribution in [0.2, 0.25) is 0 Å². The highest BCUT2D eigenvalue weighted by Gasteiger charge is 2.36. The van der Waals surface area contributed by atoms with Crippen LogP contribution in [0, 0.1) is 0 Å². The lowest BCUT2D eigenvalue weighted by Crippen LogP contribution is -2.49. The van der Waals surface area contributed by atoms with Crippen LogP contribution in [0.15, 0.2) is 144 Å². The molecule has 2 fully saturated rings. The number of fused-ring (bicyclic) bond motifs is 2. The summed E-state index contributed by atoms with van der Waals surface area (Å²) in [7, 11) is -0.239. The predicted molar refractivity (Wildman–Crippen MR) is 277 cm³/mol. The number of rotatable bonds is 11. The van der Waals surface area contributed by atoms with Crippen LogP contribution in [0.1, 0.15) is 46.4 Å². The number of para-hydroxylation sites is 2. The lowest BCUT2D eigenvalue weighted by molar-refractivity contribution is -0.0306. The molecule has 4 aromatic heterocycles. The first-order valence-corrected chi connectivity index (χ1v) is 25.1. The van der Waals surface area contributed by atoms with Crippen LogP contribution in [0.5, 0.6) is 0 Å². The summed E-state index contributed by atoms with van der Waals surface area (Å²) in [5.74, 6) is -0.245. The first-order valence-electron chi connectivity index (χ1n) is 23.5. The molecule has 0 unspecified atom stereocenters. The molecule has 0 atom stereocenters. The summed E-state index contributed by atoms with van der Waals surface area (Å²) >= 11 is 0. The van der Waals surface area contributed by atoms with Crippen molar-refractivity contribution < 1.29 is 28.2 Å². The van der Waals surface area contributed by atoms with Crippen molar-refractivity contribution >= 4 is 55.3 Å². The van der Waals surface area contributed by atoms with E-state index < -0.39 is 21.2 Å². The van der Waals surface area contributed by atoms with Gasteiger partial charge in [0.1, 0.15) is 23.4 Å². The highest BCUT2D eigenvalue weighted by molar-refractivity contribution is 7.95. The highest BCUT2D eigenvalue weighted by atomic mass is 32.2. The van der Waals surface area contributed by atoms with E-state index in [0.717, 1.165) is 22.1 Å². The van der Waals surface area contributed by atoms with Crippen LogP contribution in [-0.2, 0) is 37.2 Å². The Morgan fingerprint density at radius 3 is 1.51 bits per heavy atom. The maximum absolute atomic E-state index is 13.2. The van der Waals surface area contributed by atoms with Crippen LogP contribution in [-0.4, -0.2) is 116 Å². The minimum atomic E-state index is -3.67. The number of sulfonamides is 1. The number of nitrogens with one attached hydrogen (secondary N) is 1. The molecule has 6 heterocycles. The first kappa shape index (κ1) is 49.7. The Morgan fingerprint density at radius 2 is 1.07 bits per heavy atom. The molecule has 4 aromatic carbocycles. The van der Waals surface area contributed by atoms with Crippen molar-refractivity contribution in [3.63, 3.8) is 0 Å². The van der Waals surface area contributed by atoms with Crippen LogP contribution >= 0.6 is 0 Å². The molecule has 0 aliphatic carbocycles. The number of hydrogen-bond donors (Lipinski definition) is 4. The third-order valence-corrected chi connectivity index (χ3v) is 14.5. The summed E-state index contributed by atoms with van der Waals surface area (Å²) in [5.41, 5.74) is 9.77. The minimum Gasteiger partial charge on any atom is -0.398 e. The number of hydrogen-bond acceptors (Lipinski definition) is 13. The van der Waals surface area contributed by atoms with Crippen molar-refractivity contribution in [1.82, 2.24) is 48.5 Å². The summed E-state index contributed by atoms with van der Waals surface area (Å²) in [6.07, 6.45) is 7.19. The summed E-state index contributed by atoms with van der Waals surface area (Å²) in [5, 5.41) is 32.1. The SMILES string of the molecule is C=CS(=O)(=O)Nc1ccccc1-c1ccc(C(=O)N2CCC(O)(Cn3cnc4c(cnn4C)c3=O)CC2)cc1.Cn1ncc2c(=O)n(CC3(O)CCN(C(=O)c4ccc(-c5ccccc5N)cc4)CC3)cnc21. The van der Waals surface area contributed by atoms with Gasteiger partial charge in [-0.25, -0.2) is 18.4 Å². The number of nitrogen functional groups attached to an aromatic ring is 1. The van der Waals surface area contributed by atoms with E-state index in [9.17, 15) is 37.8 Å². The molecule has 2 aliphatic heterocycles. The molecule has 10 rings (SSSR count). The molecular weight excluding hydrogens is 953 g/mol. The molecule has 2 saturated heterocycles. The van der Waals surface area contributed by atoms with Gasteiger partial charge in [0.05, 0.1) is 42.4 Å². The number of aromatic nitrogens is 8. The molecule has 2 aliphatic rings. The Hall–Kier alpha value is -8.27. The van der Waals surface area contributed by atoms with Crippen LogP contribution in [0.25, 0.3) is 44.3 Å². The van der Waals surface area contributed by atoms with Gasteiger partial charge >= 0.3 is 0 Å². The molecule has 73 heavy (non-hydrogen) atoms. The fourth-order valence-electron chi connectivity index (χ4n) is 9.29. The summed E-state index contributed by atoms with van der Waals surface area (Å²) in [6.45, 7) is 5.00. The highest BCUT2D eigenvalue weighted by Crippen LogP contribution is 2.31. The summed E-state index contributed by atoms with van der Waals surface area (Å²) < 4.78 is 32.3. The van der Waals surface area contributed by atoms with Gasteiger partial charge in [-0.2, -0.15) is 10.2 Å². The van der Waals surface area contributed by atoms with Crippen molar-refractivity contribution in [2.24, 2.45) is 14.1 Å². The van der Waals surface area contributed by atoms with Gasteiger partial charge in [0.2, 0.25) is 0 Å². The fraction of sp³-hybridized carbons (Fsp3) is 0.269. The number of carbonyl (C=O) groups is 2. The van der Waals surface area contributed by atoms with Crippen LogP contribution < -0.4 is 21.6 Å². The quantitative estimate of drug-likeness (QED) is 0.131. The van der Waals surface area contributed by atoms with Crippen LogP contribution in [0.3, 0.4) is 0 Å². The average Bonchev–Trinajstić information content (AvgIpc) is 3.98. The Morgan fingerprint density at radius 1 is 0.658 bits per heavy atom. The number of aliphatic hydroxyl groups is 2. The topological polar surface area (TPSA) is 259 Å². The number of nitrogens with two attached hydrogens (primary N) is 1. The van der Waals surface area contributed by atoms with Crippen molar-refractivity contribution in [2.45, 2.75) is 50.0 Å². The van der Waals surface area contributed by atoms with Crippen molar-refractivity contribution in [1.29, 1.82) is 0 Å². The van der Waals surface area contributed by atoms with Crippen molar-refractivity contribution in [2.75, 3.05) is 36.6 Å². The first-order chi connectivity index (χ1) is 34.9. The van der Waals surface area contributed by atoms with E-state index in [1.807, 2.05) is 36.4 Å². The van der Waals surface area contributed by atoms with E-state index in [-0.39, 0.29) is 36.0 Å². The summed E-state index contributed by atoms with van der Waals surface area (Å²) in [6, 6.07) is 28.9. The molecular formula is C52H54N12O8S. The van der Waals surface area contributed by atoms with Gasteiger partial charge in [0.15, 0.2) is 11.3 Å². The molecule has 0 bridgehead atoms. The fourth-order valence-corrected chi connectivity index (χ4v) is 9.86. The molecule has 5 N–H and O–H groups in total. The Bertz CT molecular complexity index is 3610. The van der Waals surface area contributed by atoms with Crippen LogP contribution in [0.4, 0.5) is 11.4 Å². The largest absolute Gasteiger partial charge is 0.398 e. The van der Waals surface area contributed by atoms with Gasteiger partial charge in [0, 0.05) is 73.6 Å². The van der Waals surface area contributed by atoms with Gasteiger partial charge in [0.25, 0.3) is 33.0 Å². The van der Waals surface area contributed by atoms with E-state index >= 15 is 0 Å². The number of anilines is 2. The van der Waals surface area contributed by atoms with E-state index in [1.54, 1.807) is 89.2 Å². The normalized spacial score (nSPS) is 15.4. The van der Waals surface area contributed by atoms with E-state index in [2.05, 4.69) is 31.5 Å². The van der Waals surface area contributed by atoms with Gasteiger partial charge < -0.3 is 25.7 Å². The molecule has 8 aromatic rings. The lowest BCUT2D eigenvalue weighted by atomic mass is 9.90. The van der Waals surface area contributed by atoms with E-state index in [1.165, 1.54) is 38.9 Å². The second-order valence-corrected chi connectivity index (χ2v) is 20.1. The number of amides is 2. The average molecular weight is 1010 g/mol. The number of piperidine rings is 2. The molecule has 20 nitrogen and oxygen atoms in total. The zero-order valence-corrected chi connectivity index (χ0v) is 41.0. The van der Waals surface area contributed by atoms with Gasteiger partial charge in [-0.15, -0.1) is 0 Å². The van der Waals surface area contributed by atoms with E-state index in [0.29, 0.717) is 102 Å². The van der Waals surface area contributed by atoms with Gasteiger partial charge in [-0.3, -0.25) is 42.4 Å². The zero-order chi connectivity index (χ0) is 51.7. The number of benzene rings is 4. The number of likely N-dealkylation sites (tertiary alicyclic amines) is 2. The van der Waals surface area contributed by atoms with Gasteiger partial charge in [-0.1, -0.05) is 67.2 Å². The number of aryl methyl sites for hydroxylation is 2. The molecule has 376 valence electrons. The third-order valence-electron chi connectivity index (χ3n) is 13.6.